The van der Waals surface area contributed by atoms with Gasteiger partial charge in [-0.2, -0.15) is 0 Å². The van der Waals surface area contributed by atoms with E-state index in [0.29, 0.717) is 6.54 Å². The largest absolute Gasteiger partial charge is 0.348 e. The number of carbonyl (C=O) groups excluding carboxylic acids is 1. The predicted molar refractivity (Wildman–Crippen MR) is 95.9 cm³/mol. The fourth-order valence-electron chi connectivity index (χ4n) is 3.98. The van der Waals surface area contributed by atoms with Gasteiger partial charge in [-0.1, -0.05) is 25.1 Å². The maximum absolute atomic E-state index is 13.1. The van der Waals surface area contributed by atoms with Crippen LogP contribution in [-0.4, -0.2) is 26.5 Å². The van der Waals surface area contributed by atoms with Crippen LogP contribution in [0.25, 0.3) is 10.9 Å². The van der Waals surface area contributed by atoms with Crippen molar-refractivity contribution in [3.05, 3.63) is 60.0 Å². The number of benzene rings is 1. The lowest BCUT2D eigenvalue weighted by Gasteiger charge is -2.37. The van der Waals surface area contributed by atoms with Crippen LogP contribution in [0.4, 0.5) is 0 Å². The summed E-state index contributed by atoms with van der Waals surface area (Å²) in [6.07, 6.45) is 3.06. The van der Waals surface area contributed by atoms with Crippen molar-refractivity contribution in [2.75, 3.05) is 6.54 Å². The molecule has 24 heavy (non-hydrogen) atoms. The van der Waals surface area contributed by atoms with E-state index in [1.165, 1.54) is 11.1 Å². The number of hydrogen-bond acceptors (Lipinski definition) is 1. The van der Waals surface area contributed by atoms with Gasteiger partial charge in [0.2, 0.25) is 5.91 Å². The van der Waals surface area contributed by atoms with Crippen molar-refractivity contribution >= 4 is 16.8 Å². The summed E-state index contributed by atoms with van der Waals surface area (Å²) in [7, 11) is 0. The Bertz CT molecular complexity index is 889. The van der Waals surface area contributed by atoms with Crippen molar-refractivity contribution in [2.24, 2.45) is 0 Å². The lowest BCUT2D eigenvalue weighted by molar-refractivity contribution is -0.135. The van der Waals surface area contributed by atoms with Crippen molar-refractivity contribution in [2.45, 2.75) is 39.4 Å². The summed E-state index contributed by atoms with van der Waals surface area (Å²) >= 11 is 0. The van der Waals surface area contributed by atoms with Crippen molar-refractivity contribution in [3.8, 4) is 0 Å². The molecule has 0 radical (unpaired) electrons. The third-order valence-electron chi connectivity index (χ3n) is 5.18. The molecule has 1 amide bonds. The Morgan fingerprint density at radius 3 is 2.83 bits per heavy atom. The highest BCUT2D eigenvalue weighted by Gasteiger charge is 2.29. The molecule has 2 aromatic heterocycles. The van der Waals surface area contributed by atoms with Gasteiger partial charge in [-0.25, -0.2) is 0 Å². The average Bonchev–Trinajstić information content (AvgIpc) is 3.18. The Balaban J connectivity index is 1.63. The SMILES string of the molecule is CCC1c2cccn2CCN1C(=O)Cn1c(C)cc2ccccc21. The summed E-state index contributed by atoms with van der Waals surface area (Å²) in [5.41, 5.74) is 3.53. The molecule has 1 unspecified atom stereocenters. The van der Waals surface area contributed by atoms with Gasteiger partial charge in [-0.3, -0.25) is 4.79 Å². The van der Waals surface area contributed by atoms with Crippen LogP contribution in [0, 0.1) is 6.92 Å². The summed E-state index contributed by atoms with van der Waals surface area (Å²) in [4.78, 5) is 15.1. The maximum Gasteiger partial charge on any atom is 0.243 e. The Morgan fingerprint density at radius 2 is 2.00 bits per heavy atom. The Morgan fingerprint density at radius 1 is 1.17 bits per heavy atom. The minimum atomic E-state index is 0.184. The van der Waals surface area contributed by atoms with Crippen LogP contribution in [0.5, 0.6) is 0 Å². The van der Waals surface area contributed by atoms with E-state index in [9.17, 15) is 4.79 Å². The van der Waals surface area contributed by atoms with Gasteiger partial charge < -0.3 is 14.0 Å². The quantitative estimate of drug-likeness (QED) is 0.723. The second-order valence-electron chi connectivity index (χ2n) is 6.57. The van der Waals surface area contributed by atoms with E-state index in [4.69, 9.17) is 0 Å². The van der Waals surface area contributed by atoms with Crippen LogP contribution in [0.2, 0.25) is 0 Å². The van der Waals surface area contributed by atoms with Crippen LogP contribution in [0.15, 0.2) is 48.7 Å². The molecule has 0 bridgehead atoms. The number of amides is 1. The first-order valence-electron chi connectivity index (χ1n) is 8.68. The second kappa shape index (κ2) is 5.86. The van der Waals surface area contributed by atoms with E-state index in [1.54, 1.807) is 0 Å². The van der Waals surface area contributed by atoms with Crippen LogP contribution in [-0.2, 0) is 17.9 Å². The van der Waals surface area contributed by atoms with Crippen molar-refractivity contribution in [3.63, 3.8) is 0 Å². The normalized spacial score (nSPS) is 17.2. The molecular formula is C20H23N3O. The Labute approximate surface area is 142 Å². The summed E-state index contributed by atoms with van der Waals surface area (Å²) in [6.45, 7) is 6.32. The molecule has 4 heteroatoms. The van der Waals surface area contributed by atoms with E-state index in [1.807, 2.05) is 12.1 Å². The summed E-state index contributed by atoms with van der Waals surface area (Å²) in [5, 5.41) is 1.20. The molecule has 0 aliphatic carbocycles. The molecule has 0 spiro atoms. The van der Waals surface area contributed by atoms with E-state index in [-0.39, 0.29) is 11.9 Å². The van der Waals surface area contributed by atoms with Crippen LogP contribution in [0.1, 0.15) is 30.8 Å². The fourth-order valence-corrected chi connectivity index (χ4v) is 3.98. The van der Waals surface area contributed by atoms with Gasteiger partial charge in [0.1, 0.15) is 6.54 Å². The lowest BCUT2D eigenvalue weighted by Crippen LogP contribution is -2.43. The summed E-state index contributed by atoms with van der Waals surface area (Å²) in [6, 6.07) is 14.8. The summed E-state index contributed by atoms with van der Waals surface area (Å²) in [5.74, 6) is 0.207. The van der Waals surface area contributed by atoms with E-state index in [0.717, 1.165) is 30.7 Å². The second-order valence-corrected chi connectivity index (χ2v) is 6.57. The van der Waals surface area contributed by atoms with Gasteiger partial charge in [0, 0.05) is 36.2 Å². The molecule has 3 aromatic rings. The number of fused-ring (bicyclic) bond motifs is 2. The predicted octanol–water partition coefficient (Wildman–Crippen LogP) is 3.74. The zero-order valence-corrected chi connectivity index (χ0v) is 14.3. The number of rotatable bonds is 3. The monoisotopic (exact) mass is 321 g/mol. The van der Waals surface area contributed by atoms with Crippen LogP contribution >= 0.6 is 0 Å². The van der Waals surface area contributed by atoms with E-state index < -0.39 is 0 Å². The highest BCUT2D eigenvalue weighted by molar-refractivity contribution is 5.84. The lowest BCUT2D eigenvalue weighted by atomic mass is 10.1. The maximum atomic E-state index is 13.1. The number of hydrogen-bond donors (Lipinski definition) is 0. The van der Waals surface area contributed by atoms with Gasteiger partial charge in [0.05, 0.1) is 6.04 Å². The topological polar surface area (TPSA) is 30.2 Å². The molecule has 0 fully saturated rings. The highest BCUT2D eigenvalue weighted by Crippen LogP contribution is 2.29. The molecular weight excluding hydrogens is 298 g/mol. The molecule has 1 aliphatic heterocycles. The molecule has 0 saturated heterocycles. The summed E-state index contributed by atoms with van der Waals surface area (Å²) < 4.78 is 4.41. The van der Waals surface area contributed by atoms with Crippen LogP contribution in [0.3, 0.4) is 0 Å². The average molecular weight is 321 g/mol. The molecule has 0 N–H and O–H groups in total. The number of aryl methyl sites for hydroxylation is 1. The zero-order valence-electron chi connectivity index (χ0n) is 14.3. The zero-order chi connectivity index (χ0) is 16.7. The molecule has 3 heterocycles. The van der Waals surface area contributed by atoms with E-state index >= 15 is 0 Å². The molecule has 1 aromatic carbocycles. The molecule has 1 aliphatic rings. The van der Waals surface area contributed by atoms with Gasteiger partial charge in [0.15, 0.2) is 0 Å². The highest BCUT2D eigenvalue weighted by atomic mass is 16.2. The van der Waals surface area contributed by atoms with Gasteiger partial charge in [0.25, 0.3) is 0 Å². The third-order valence-corrected chi connectivity index (χ3v) is 5.18. The minimum Gasteiger partial charge on any atom is -0.348 e. The molecule has 4 rings (SSSR count). The van der Waals surface area contributed by atoms with E-state index in [2.05, 4.69) is 64.4 Å². The van der Waals surface area contributed by atoms with Crippen molar-refractivity contribution in [1.82, 2.24) is 14.0 Å². The Hall–Kier alpha value is -2.49. The fraction of sp³-hybridized carbons (Fsp3) is 0.350. The first-order valence-corrected chi connectivity index (χ1v) is 8.68. The first-order chi connectivity index (χ1) is 11.7. The smallest absolute Gasteiger partial charge is 0.243 e. The number of nitrogens with zero attached hydrogens (tertiary/aromatic N) is 3. The van der Waals surface area contributed by atoms with Crippen molar-refractivity contribution in [1.29, 1.82) is 0 Å². The van der Waals surface area contributed by atoms with Gasteiger partial charge in [-0.05, 0) is 43.0 Å². The third kappa shape index (κ3) is 2.33. The first kappa shape index (κ1) is 15.1. The van der Waals surface area contributed by atoms with Crippen molar-refractivity contribution < 1.29 is 4.79 Å². The molecule has 0 saturated carbocycles. The van der Waals surface area contributed by atoms with Gasteiger partial charge >= 0.3 is 0 Å². The molecule has 4 nitrogen and oxygen atoms in total. The van der Waals surface area contributed by atoms with Crippen LogP contribution < -0.4 is 0 Å². The standard InChI is InChI=1S/C20H23N3O/c1-3-17-19-9-6-10-21(19)11-12-22(17)20(24)14-23-15(2)13-16-7-4-5-8-18(16)23/h4-10,13,17H,3,11-12,14H2,1-2H3. The molecule has 1 atom stereocenters. The number of para-hydroxylation sites is 1. The minimum absolute atomic E-state index is 0.184. The van der Waals surface area contributed by atoms with Gasteiger partial charge in [-0.15, -0.1) is 0 Å². The Kier molecular flexibility index (Phi) is 3.68. The number of carbonyl (C=O) groups is 1. The number of aromatic nitrogens is 2. The molecule has 124 valence electrons.